The number of fused-ring (bicyclic) bond motifs is 1. The number of hydrogen-bond acceptors (Lipinski definition) is 5. The predicted molar refractivity (Wildman–Crippen MR) is 99.5 cm³/mol. The molecule has 0 saturated heterocycles. The average Bonchev–Trinajstić information content (AvgIpc) is 2.62. The molecular formula is C21H21NO5. The molecular weight excluding hydrogens is 346 g/mol. The molecule has 0 aromatic heterocycles. The number of nitrogens with one attached hydrogen (secondary N) is 1. The Bertz CT molecular complexity index is 921. The van der Waals surface area contributed by atoms with Gasteiger partial charge in [-0.1, -0.05) is 24.3 Å². The second kappa shape index (κ2) is 7.23. The summed E-state index contributed by atoms with van der Waals surface area (Å²) in [6.07, 6.45) is 0.201. The molecule has 1 amide bonds. The maximum atomic E-state index is 12.5. The van der Waals surface area contributed by atoms with Gasteiger partial charge in [0, 0.05) is 12.1 Å². The smallest absolute Gasteiger partial charge is 0.351 e. The van der Waals surface area contributed by atoms with Crippen LogP contribution in [0.25, 0.3) is 0 Å². The molecule has 3 rings (SSSR count). The van der Waals surface area contributed by atoms with Gasteiger partial charge in [-0.3, -0.25) is 4.79 Å². The molecule has 27 heavy (non-hydrogen) atoms. The number of rotatable bonds is 4. The highest BCUT2D eigenvalue weighted by Crippen LogP contribution is 2.29. The standard InChI is InChI=1S/C21H21NO5/c1-13-8-9-16(10-14(13)2)22-18(23)12-26-20(25)21(3)11-15-6-4-5-7-17(15)19(24)27-21/h4-10H,11-12H2,1-3H3,(H,22,23)/t21-/m0/s1. The quantitative estimate of drug-likeness (QED) is 0.840. The Hall–Kier alpha value is -3.15. The monoisotopic (exact) mass is 367 g/mol. The first-order chi connectivity index (χ1) is 12.8. The van der Waals surface area contributed by atoms with E-state index in [1.807, 2.05) is 26.0 Å². The summed E-state index contributed by atoms with van der Waals surface area (Å²) in [5.41, 5.74) is 2.50. The number of benzene rings is 2. The molecule has 1 heterocycles. The largest absolute Gasteiger partial charge is 0.453 e. The van der Waals surface area contributed by atoms with Gasteiger partial charge >= 0.3 is 11.9 Å². The van der Waals surface area contributed by atoms with Crippen molar-refractivity contribution in [3.8, 4) is 0 Å². The van der Waals surface area contributed by atoms with Crippen LogP contribution >= 0.6 is 0 Å². The van der Waals surface area contributed by atoms with Gasteiger partial charge in [-0.25, -0.2) is 9.59 Å². The summed E-state index contributed by atoms with van der Waals surface area (Å²) < 4.78 is 10.4. The molecule has 0 saturated carbocycles. The average molecular weight is 367 g/mol. The number of amides is 1. The fourth-order valence-electron chi connectivity index (χ4n) is 2.95. The zero-order valence-corrected chi connectivity index (χ0v) is 15.5. The molecule has 6 nitrogen and oxygen atoms in total. The Balaban J connectivity index is 1.61. The van der Waals surface area contributed by atoms with E-state index in [-0.39, 0.29) is 6.42 Å². The van der Waals surface area contributed by atoms with E-state index in [1.165, 1.54) is 6.92 Å². The highest BCUT2D eigenvalue weighted by Gasteiger charge is 2.44. The first-order valence-electron chi connectivity index (χ1n) is 8.64. The van der Waals surface area contributed by atoms with E-state index in [4.69, 9.17) is 9.47 Å². The number of anilines is 1. The van der Waals surface area contributed by atoms with Gasteiger partial charge < -0.3 is 14.8 Å². The molecule has 0 unspecified atom stereocenters. The maximum Gasteiger partial charge on any atom is 0.351 e. The summed E-state index contributed by atoms with van der Waals surface area (Å²) in [4.78, 5) is 36.7. The lowest BCUT2D eigenvalue weighted by Crippen LogP contribution is -2.47. The van der Waals surface area contributed by atoms with Crippen molar-refractivity contribution in [2.24, 2.45) is 0 Å². The Kier molecular flexibility index (Phi) is 4.99. The molecule has 1 aliphatic rings. The normalized spacial score (nSPS) is 18.3. The Morgan fingerprint density at radius 1 is 1.15 bits per heavy atom. The van der Waals surface area contributed by atoms with Crippen LogP contribution in [-0.2, 0) is 25.5 Å². The van der Waals surface area contributed by atoms with Gasteiger partial charge in [-0.15, -0.1) is 0 Å². The van der Waals surface area contributed by atoms with E-state index in [0.29, 0.717) is 16.8 Å². The zero-order chi connectivity index (χ0) is 19.6. The third-order valence-electron chi connectivity index (χ3n) is 4.64. The van der Waals surface area contributed by atoms with Crippen molar-refractivity contribution in [3.05, 3.63) is 64.7 Å². The molecule has 1 N–H and O–H groups in total. The minimum Gasteiger partial charge on any atom is -0.453 e. The fraction of sp³-hybridized carbons (Fsp3) is 0.286. The van der Waals surface area contributed by atoms with E-state index in [9.17, 15) is 14.4 Å². The third-order valence-corrected chi connectivity index (χ3v) is 4.64. The molecule has 140 valence electrons. The van der Waals surface area contributed by atoms with Crippen molar-refractivity contribution in [1.82, 2.24) is 0 Å². The van der Waals surface area contributed by atoms with Crippen molar-refractivity contribution in [2.45, 2.75) is 32.8 Å². The first-order valence-corrected chi connectivity index (χ1v) is 8.64. The van der Waals surface area contributed by atoms with Gasteiger partial charge in [0.05, 0.1) is 5.56 Å². The minimum atomic E-state index is -1.45. The van der Waals surface area contributed by atoms with Crippen LogP contribution in [0, 0.1) is 13.8 Å². The summed E-state index contributed by atoms with van der Waals surface area (Å²) in [6.45, 7) is 4.96. The van der Waals surface area contributed by atoms with Crippen molar-refractivity contribution in [2.75, 3.05) is 11.9 Å². The number of ether oxygens (including phenoxy) is 2. The van der Waals surface area contributed by atoms with Crippen LogP contribution in [0.2, 0.25) is 0 Å². The molecule has 1 atom stereocenters. The Labute approximate surface area is 157 Å². The maximum absolute atomic E-state index is 12.5. The lowest BCUT2D eigenvalue weighted by molar-refractivity contribution is -0.166. The molecule has 6 heteroatoms. The molecule has 0 spiro atoms. The van der Waals surface area contributed by atoms with Crippen LogP contribution in [0.15, 0.2) is 42.5 Å². The van der Waals surface area contributed by atoms with E-state index < -0.39 is 30.1 Å². The van der Waals surface area contributed by atoms with Crippen LogP contribution in [0.1, 0.15) is 34.0 Å². The molecule has 0 aliphatic carbocycles. The summed E-state index contributed by atoms with van der Waals surface area (Å²) in [5, 5.41) is 2.68. The van der Waals surface area contributed by atoms with Gasteiger partial charge in [0.2, 0.25) is 5.60 Å². The van der Waals surface area contributed by atoms with Crippen LogP contribution in [0.4, 0.5) is 5.69 Å². The van der Waals surface area contributed by atoms with Crippen molar-refractivity contribution in [1.29, 1.82) is 0 Å². The van der Waals surface area contributed by atoms with Gasteiger partial charge in [0.25, 0.3) is 5.91 Å². The number of aryl methyl sites for hydroxylation is 2. The van der Waals surface area contributed by atoms with Gasteiger partial charge in [-0.2, -0.15) is 0 Å². The minimum absolute atomic E-state index is 0.201. The van der Waals surface area contributed by atoms with Gasteiger partial charge in [0.1, 0.15) is 0 Å². The molecule has 2 aromatic carbocycles. The summed E-state index contributed by atoms with van der Waals surface area (Å²) in [7, 11) is 0. The summed E-state index contributed by atoms with van der Waals surface area (Å²) in [6, 6.07) is 12.5. The van der Waals surface area contributed by atoms with Crippen LogP contribution in [0.3, 0.4) is 0 Å². The number of carbonyl (C=O) groups is 3. The van der Waals surface area contributed by atoms with Crippen molar-refractivity contribution < 1.29 is 23.9 Å². The second-order valence-electron chi connectivity index (χ2n) is 6.88. The summed E-state index contributed by atoms with van der Waals surface area (Å²) in [5.74, 6) is -1.78. The fourth-order valence-corrected chi connectivity index (χ4v) is 2.95. The first kappa shape index (κ1) is 18.6. The molecule has 1 aliphatic heterocycles. The molecule has 0 radical (unpaired) electrons. The lowest BCUT2D eigenvalue weighted by atomic mass is 9.90. The molecule has 2 aromatic rings. The van der Waals surface area contributed by atoms with E-state index >= 15 is 0 Å². The van der Waals surface area contributed by atoms with E-state index in [0.717, 1.165) is 11.1 Å². The number of hydrogen-bond donors (Lipinski definition) is 1. The number of carbonyl (C=O) groups excluding carboxylic acids is 3. The van der Waals surface area contributed by atoms with Crippen molar-refractivity contribution in [3.63, 3.8) is 0 Å². The SMILES string of the molecule is Cc1ccc(NC(=O)COC(=O)[C@]2(C)Cc3ccccc3C(=O)O2)cc1C. The van der Waals surface area contributed by atoms with Crippen LogP contribution in [-0.4, -0.2) is 30.1 Å². The van der Waals surface area contributed by atoms with E-state index in [1.54, 1.807) is 30.3 Å². The highest BCUT2D eigenvalue weighted by molar-refractivity contribution is 5.97. The van der Waals surface area contributed by atoms with Crippen LogP contribution < -0.4 is 5.32 Å². The zero-order valence-electron chi connectivity index (χ0n) is 15.5. The number of cyclic esters (lactones) is 1. The summed E-state index contributed by atoms with van der Waals surface area (Å²) >= 11 is 0. The van der Waals surface area contributed by atoms with E-state index in [2.05, 4.69) is 5.32 Å². The van der Waals surface area contributed by atoms with Crippen molar-refractivity contribution >= 4 is 23.5 Å². The van der Waals surface area contributed by atoms with Gasteiger partial charge in [0.15, 0.2) is 6.61 Å². The van der Waals surface area contributed by atoms with Crippen LogP contribution in [0.5, 0.6) is 0 Å². The number of esters is 2. The Morgan fingerprint density at radius 3 is 2.63 bits per heavy atom. The molecule has 0 bridgehead atoms. The van der Waals surface area contributed by atoms with Gasteiger partial charge in [-0.05, 0) is 55.7 Å². The second-order valence-corrected chi connectivity index (χ2v) is 6.88. The predicted octanol–water partition coefficient (Wildman–Crippen LogP) is 2.96. The topological polar surface area (TPSA) is 81.7 Å². The Morgan fingerprint density at radius 2 is 1.89 bits per heavy atom. The lowest BCUT2D eigenvalue weighted by Gasteiger charge is -2.32. The molecule has 0 fully saturated rings. The third kappa shape index (κ3) is 4.00. The highest BCUT2D eigenvalue weighted by atomic mass is 16.6.